The third-order valence-corrected chi connectivity index (χ3v) is 7.91. The van der Waals surface area contributed by atoms with Crippen molar-refractivity contribution in [3.05, 3.63) is 101 Å². The second kappa shape index (κ2) is 14.5. The Morgan fingerprint density at radius 1 is 0.978 bits per heavy atom. The van der Waals surface area contributed by atoms with Crippen molar-refractivity contribution in [3.8, 4) is 5.75 Å². The van der Waals surface area contributed by atoms with Crippen LogP contribution in [0.15, 0.2) is 78.0 Å². The molecule has 0 bridgehead atoms. The van der Waals surface area contributed by atoms with E-state index in [2.05, 4.69) is 27.9 Å². The number of rotatable bonds is 10. The van der Waals surface area contributed by atoms with Crippen LogP contribution in [0.4, 0.5) is 4.79 Å². The van der Waals surface area contributed by atoms with Crippen molar-refractivity contribution in [1.82, 2.24) is 10.6 Å². The van der Waals surface area contributed by atoms with Crippen molar-refractivity contribution in [3.63, 3.8) is 0 Å². The number of ether oxygens (including phenoxy) is 3. The van der Waals surface area contributed by atoms with Gasteiger partial charge in [0.05, 0.1) is 30.5 Å². The fourth-order valence-electron chi connectivity index (χ4n) is 5.59. The second-order valence-electron chi connectivity index (χ2n) is 12.6. The molecule has 5 rings (SSSR count). The normalized spacial score (nSPS) is 17.9. The number of esters is 1. The van der Waals surface area contributed by atoms with Gasteiger partial charge < -0.3 is 29.7 Å². The SMILES string of the molecule is COC(=O)c1ccc(COc2ccc(C[C@H](NC(=O)OC(C)(C)C)C3=NOC(C(=O)N[C@@H]4CCCc5ccccc54)C3)cc2)cc1. The summed E-state index contributed by atoms with van der Waals surface area (Å²) in [4.78, 5) is 43.3. The second-order valence-corrected chi connectivity index (χ2v) is 12.6. The van der Waals surface area contributed by atoms with Gasteiger partial charge >= 0.3 is 12.1 Å². The predicted octanol–water partition coefficient (Wildman–Crippen LogP) is 5.83. The van der Waals surface area contributed by atoms with E-state index in [1.807, 2.05) is 48.5 Å². The van der Waals surface area contributed by atoms with Gasteiger partial charge in [0.25, 0.3) is 5.91 Å². The minimum Gasteiger partial charge on any atom is -0.489 e. The zero-order chi connectivity index (χ0) is 32.7. The smallest absolute Gasteiger partial charge is 0.408 e. The summed E-state index contributed by atoms with van der Waals surface area (Å²) < 4.78 is 16.2. The lowest BCUT2D eigenvalue weighted by atomic mass is 9.87. The van der Waals surface area contributed by atoms with Gasteiger partial charge in [-0.1, -0.05) is 53.7 Å². The maximum absolute atomic E-state index is 13.3. The number of oxime groups is 1. The van der Waals surface area contributed by atoms with Crippen LogP contribution < -0.4 is 15.4 Å². The van der Waals surface area contributed by atoms with Crippen LogP contribution in [0.3, 0.4) is 0 Å². The Bertz CT molecular complexity index is 1560. The highest BCUT2D eigenvalue weighted by molar-refractivity contribution is 5.97. The average Bonchev–Trinajstić information content (AvgIpc) is 3.54. The number of alkyl carbamates (subject to hydrolysis) is 1. The number of aryl methyl sites for hydroxylation is 1. The standard InChI is InChI=1S/C36H41N3O7/c1-36(2,3)45-35(42)38-30(20-23-14-18-27(19-15-23)44-22-24-12-16-26(17-13-24)34(41)43-4)31-21-32(46-39-31)33(40)37-29-11-7-9-25-8-5-6-10-28(25)29/h5-6,8,10,12-19,29-30,32H,7,9,11,20-22H2,1-4H3,(H,37,40)(H,38,42)/t29-,30+,32?/m1/s1. The summed E-state index contributed by atoms with van der Waals surface area (Å²) in [6.07, 6.45) is 2.16. The van der Waals surface area contributed by atoms with Crippen LogP contribution in [0.5, 0.6) is 5.75 Å². The molecule has 0 spiro atoms. The Morgan fingerprint density at radius 2 is 1.70 bits per heavy atom. The monoisotopic (exact) mass is 627 g/mol. The molecule has 0 saturated carbocycles. The van der Waals surface area contributed by atoms with Crippen LogP contribution in [-0.2, 0) is 38.6 Å². The van der Waals surface area contributed by atoms with Crippen LogP contribution in [-0.4, -0.2) is 48.5 Å². The molecule has 10 nitrogen and oxygen atoms in total. The number of nitrogens with one attached hydrogen (secondary N) is 2. The molecule has 0 aromatic heterocycles. The molecular weight excluding hydrogens is 586 g/mol. The highest BCUT2D eigenvalue weighted by Gasteiger charge is 2.35. The van der Waals surface area contributed by atoms with Gasteiger partial charge in [0.1, 0.15) is 18.0 Å². The first-order valence-corrected chi connectivity index (χ1v) is 15.6. The van der Waals surface area contributed by atoms with E-state index < -0.39 is 23.8 Å². The molecule has 2 N–H and O–H groups in total. The highest BCUT2D eigenvalue weighted by Crippen LogP contribution is 2.30. The molecule has 0 fully saturated rings. The number of hydrogen-bond acceptors (Lipinski definition) is 8. The molecule has 1 aliphatic heterocycles. The molecule has 1 unspecified atom stereocenters. The first kappa shape index (κ1) is 32.5. The zero-order valence-corrected chi connectivity index (χ0v) is 26.7. The van der Waals surface area contributed by atoms with E-state index >= 15 is 0 Å². The van der Waals surface area contributed by atoms with E-state index in [-0.39, 0.29) is 24.3 Å². The van der Waals surface area contributed by atoms with Gasteiger partial charge in [0, 0.05) is 6.42 Å². The predicted molar refractivity (Wildman–Crippen MR) is 173 cm³/mol. The molecule has 10 heteroatoms. The fraction of sp³-hybridized carbons (Fsp3) is 0.389. The molecule has 1 aliphatic carbocycles. The molecule has 0 radical (unpaired) electrons. The van der Waals surface area contributed by atoms with Crippen molar-refractivity contribution in [2.45, 2.75) is 83.3 Å². The maximum Gasteiger partial charge on any atom is 0.408 e. The first-order chi connectivity index (χ1) is 22.1. The van der Waals surface area contributed by atoms with E-state index in [0.29, 0.717) is 30.1 Å². The van der Waals surface area contributed by atoms with E-state index in [4.69, 9.17) is 19.0 Å². The van der Waals surface area contributed by atoms with Gasteiger partial charge in [-0.05, 0) is 93.0 Å². The van der Waals surface area contributed by atoms with Gasteiger partial charge in [0.15, 0.2) is 0 Å². The van der Waals surface area contributed by atoms with Crippen LogP contribution >= 0.6 is 0 Å². The topological polar surface area (TPSA) is 125 Å². The molecule has 242 valence electrons. The summed E-state index contributed by atoms with van der Waals surface area (Å²) in [5.41, 5.74) is 4.59. The highest BCUT2D eigenvalue weighted by atomic mass is 16.6. The van der Waals surface area contributed by atoms with Gasteiger partial charge in [-0.15, -0.1) is 0 Å². The van der Waals surface area contributed by atoms with Gasteiger partial charge in [-0.25, -0.2) is 9.59 Å². The number of benzene rings is 3. The van der Waals surface area contributed by atoms with Crippen LogP contribution in [0.25, 0.3) is 0 Å². The summed E-state index contributed by atoms with van der Waals surface area (Å²) >= 11 is 0. The molecule has 2 amide bonds. The van der Waals surface area contributed by atoms with E-state index in [0.717, 1.165) is 36.0 Å². The van der Waals surface area contributed by atoms with Crippen molar-refractivity contribution in [2.24, 2.45) is 5.16 Å². The first-order valence-electron chi connectivity index (χ1n) is 15.6. The molecular formula is C36H41N3O7. The Labute approximate surface area is 269 Å². The van der Waals surface area contributed by atoms with Crippen LogP contribution in [0, 0.1) is 0 Å². The lowest BCUT2D eigenvalue weighted by Gasteiger charge is -2.27. The Morgan fingerprint density at radius 3 is 2.41 bits per heavy atom. The third kappa shape index (κ3) is 8.65. The summed E-state index contributed by atoms with van der Waals surface area (Å²) in [6, 6.07) is 22.2. The molecule has 0 saturated heterocycles. The summed E-state index contributed by atoms with van der Waals surface area (Å²) in [7, 11) is 1.35. The lowest BCUT2D eigenvalue weighted by molar-refractivity contribution is -0.132. The Kier molecular flexibility index (Phi) is 10.2. The number of hydrogen-bond donors (Lipinski definition) is 2. The van der Waals surface area contributed by atoms with Gasteiger partial charge in [-0.2, -0.15) is 0 Å². The number of nitrogens with zero attached hydrogens (tertiary/aromatic N) is 1. The lowest BCUT2D eigenvalue weighted by Crippen LogP contribution is -2.45. The quantitative estimate of drug-likeness (QED) is 0.271. The van der Waals surface area contributed by atoms with Gasteiger partial charge in [-0.3, -0.25) is 4.79 Å². The molecule has 3 aromatic rings. The number of fused-ring (bicyclic) bond motifs is 1. The summed E-state index contributed by atoms with van der Waals surface area (Å²) in [5, 5.41) is 10.3. The van der Waals surface area contributed by atoms with E-state index in [1.165, 1.54) is 12.7 Å². The summed E-state index contributed by atoms with van der Waals surface area (Å²) in [6.45, 7) is 5.73. The Balaban J connectivity index is 1.21. The average molecular weight is 628 g/mol. The van der Waals surface area contributed by atoms with Gasteiger partial charge in [0.2, 0.25) is 6.10 Å². The van der Waals surface area contributed by atoms with E-state index in [1.54, 1.807) is 32.9 Å². The number of amides is 2. The van der Waals surface area contributed by atoms with Crippen molar-refractivity contribution in [2.75, 3.05) is 7.11 Å². The number of carbonyl (C=O) groups excluding carboxylic acids is 3. The molecule has 1 heterocycles. The summed E-state index contributed by atoms with van der Waals surface area (Å²) in [5.74, 6) is 0.0555. The largest absolute Gasteiger partial charge is 0.489 e. The molecule has 46 heavy (non-hydrogen) atoms. The fourth-order valence-corrected chi connectivity index (χ4v) is 5.59. The number of carbonyl (C=O) groups is 3. The number of methoxy groups -OCH3 is 1. The van der Waals surface area contributed by atoms with Crippen molar-refractivity contribution < 1.29 is 33.4 Å². The van der Waals surface area contributed by atoms with Crippen LogP contribution in [0.1, 0.15) is 78.7 Å². The maximum atomic E-state index is 13.3. The Hall–Kier alpha value is -4.86. The minimum absolute atomic E-state index is 0.0688. The minimum atomic E-state index is -0.788. The van der Waals surface area contributed by atoms with Crippen molar-refractivity contribution >= 4 is 23.7 Å². The van der Waals surface area contributed by atoms with E-state index in [9.17, 15) is 14.4 Å². The molecule has 3 aromatic carbocycles. The molecule has 2 aliphatic rings. The van der Waals surface area contributed by atoms with Crippen molar-refractivity contribution in [1.29, 1.82) is 0 Å². The third-order valence-electron chi connectivity index (χ3n) is 7.91. The van der Waals surface area contributed by atoms with Crippen LogP contribution in [0.2, 0.25) is 0 Å². The molecule has 3 atom stereocenters. The zero-order valence-electron chi connectivity index (χ0n) is 26.7.